The zero-order valence-corrected chi connectivity index (χ0v) is 11.1. The molecule has 0 bridgehead atoms. The minimum Gasteiger partial charge on any atom is -0.493 e. The highest BCUT2D eigenvalue weighted by Gasteiger charge is 2.19. The molecule has 0 saturated heterocycles. The Bertz CT molecular complexity index is 495. The van der Waals surface area contributed by atoms with Crippen LogP contribution in [0.15, 0.2) is 30.5 Å². The van der Waals surface area contributed by atoms with Crippen LogP contribution in [-0.4, -0.2) is 16.9 Å². The standard InChI is InChI=1S/C14H19N3O/c1-4-17-14(12(18-3)9-16-17)13(15)11-7-5-10(2)6-8-11/h5-9,13H,4,15H2,1-3H3. The Morgan fingerprint density at radius 2 is 2.00 bits per heavy atom. The van der Waals surface area contributed by atoms with Crippen LogP contribution in [0, 0.1) is 6.92 Å². The van der Waals surface area contributed by atoms with Crippen molar-refractivity contribution in [1.82, 2.24) is 9.78 Å². The van der Waals surface area contributed by atoms with Gasteiger partial charge in [0.25, 0.3) is 0 Å². The number of ether oxygens (including phenoxy) is 1. The fourth-order valence-electron chi connectivity index (χ4n) is 2.03. The lowest BCUT2D eigenvalue weighted by Crippen LogP contribution is -2.18. The van der Waals surface area contributed by atoms with Crippen molar-refractivity contribution in [3.05, 3.63) is 47.3 Å². The van der Waals surface area contributed by atoms with E-state index in [2.05, 4.69) is 24.2 Å². The van der Waals surface area contributed by atoms with Crippen molar-refractivity contribution in [2.45, 2.75) is 26.4 Å². The average Bonchev–Trinajstić information content (AvgIpc) is 2.81. The van der Waals surface area contributed by atoms with Crippen molar-refractivity contribution in [2.24, 2.45) is 5.73 Å². The van der Waals surface area contributed by atoms with Gasteiger partial charge in [-0.2, -0.15) is 5.10 Å². The molecule has 0 radical (unpaired) electrons. The van der Waals surface area contributed by atoms with E-state index in [4.69, 9.17) is 10.5 Å². The summed E-state index contributed by atoms with van der Waals surface area (Å²) in [4.78, 5) is 0. The van der Waals surface area contributed by atoms with Crippen molar-refractivity contribution in [2.75, 3.05) is 7.11 Å². The third-order valence-electron chi connectivity index (χ3n) is 3.10. The molecule has 0 saturated carbocycles. The molecule has 0 aliphatic carbocycles. The monoisotopic (exact) mass is 245 g/mol. The van der Waals surface area contributed by atoms with Crippen LogP contribution in [0.2, 0.25) is 0 Å². The highest BCUT2D eigenvalue weighted by Crippen LogP contribution is 2.28. The van der Waals surface area contributed by atoms with E-state index in [1.807, 2.05) is 23.7 Å². The number of methoxy groups -OCH3 is 1. The largest absolute Gasteiger partial charge is 0.493 e. The van der Waals surface area contributed by atoms with Gasteiger partial charge in [-0.15, -0.1) is 0 Å². The number of rotatable bonds is 4. The van der Waals surface area contributed by atoms with Crippen LogP contribution >= 0.6 is 0 Å². The summed E-state index contributed by atoms with van der Waals surface area (Å²) in [5, 5.41) is 4.28. The number of hydrogen-bond donors (Lipinski definition) is 1. The van der Waals surface area contributed by atoms with E-state index in [1.54, 1.807) is 13.3 Å². The molecule has 0 amide bonds. The Labute approximate surface area is 107 Å². The summed E-state index contributed by atoms with van der Waals surface area (Å²) in [6.45, 7) is 4.88. The predicted octanol–water partition coefficient (Wildman–Crippen LogP) is 2.27. The maximum absolute atomic E-state index is 6.32. The average molecular weight is 245 g/mol. The number of aromatic nitrogens is 2. The van der Waals surface area contributed by atoms with E-state index in [-0.39, 0.29) is 6.04 Å². The molecule has 2 aromatic rings. The summed E-state index contributed by atoms with van der Waals surface area (Å²) in [7, 11) is 1.64. The second kappa shape index (κ2) is 5.23. The van der Waals surface area contributed by atoms with Gasteiger partial charge in [0.1, 0.15) is 5.69 Å². The number of hydrogen-bond acceptors (Lipinski definition) is 3. The first-order chi connectivity index (χ1) is 8.67. The molecule has 1 aromatic heterocycles. The molecule has 0 aliphatic rings. The molecule has 4 nitrogen and oxygen atoms in total. The van der Waals surface area contributed by atoms with Gasteiger partial charge in [0, 0.05) is 6.54 Å². The summed E-state index contributed by atoms with van der Waals surface area (Å²) in [5.41, 5.74) is 9.53. The van der Waals surface area contributed by atoms with Gasteiger partial charge in [-0.25, -0.2) is 0 Å². The highest BCUT2D eigenvalue weighted by molar-refractivity contribution is 5.36. The smallest absolute Gasteiger partial charge is 0.161 e. The Morgan fingerprint density at radius 1 is 1.33 bits per heavy atom. The number of nitrogens with two attached hydrogens (primary N) is 1. The van der Waals surface area contributed by atoms with E-state index in [0.29, 0.717) is 0 Å². The summed E-state index contributed by atoms with van der Waals surface area (Å²) < 4.78 is 7.21. The molecule has 1 aromatic carbocycles. The maximum Gasteiger partial charge on any atom is 0.161 e. The second-order valence-electron chi connectivity index (χ2n) is 4.30. The van der Waals surface area contributed by atoms with Gasteiger partial charge >= 0.3 is 0 Å². The lowest BCUT2D eigenvalue weighted by molar-refractivity contribution is 0.404. The topological polar surface area (TPSA) is 53.1 Å². The molecule has 0 spiro atoms. The number of aryl methyl sites for hydroxylation is 2. The highest BCUT2D eigenvalue weighted by atomic mass is 16.5. The first-order valence-corrected chi connectivity index (χ1v) is 6.09. The van der Waals surface area contributed by atoms with Gasteiger partial charge in [-0.1, -0.05) is 29.8 Å². The normalized spacial score (nSPS) is 12.4. The fourth-order valence-corrected chi connectivity index (χ4v) is 2.03. The number of nitrogens with zero attached hydrogens (tertiary/aromatic N) is 2. The molecule has 0 aliphatic heterocycles. The number of benzene rings is 1. The van der Waals surface area contributed by atoms with Gasteiger partial charge in [0.05, 0.1) is 19.3 Å². The van der Waals surface area contributed by atoms with Crippen molar-refractivity contribution in [3.63, 3.8) is 0 Å². The van der Waals surface area contributed by atoms with E-state index < -0.39 is 0 Å². The lowest BCUT2D eigenvalue weighted by atomic mass is 10.0. The van der Waals surface area contributed by atoms with Crippen LogP contribution in [0.1, 0.15) is 29.8 Å². The fraction of sp³-hybridized carbons (Fsp3) is 0.357. The van der Waals surface area contributed by atoms with E-state index in [0.717, 1.165) is 23.6 Å². The lowest BCUT2D eigenvalue weighted by Gasteiger charge is -2.15. The molecule has 4 heteroatoms. The van der Waals surface area contributed by atoms with Crippen molar-refractivity contribution in [3.8, 4) is 5.75 Å². The Balaban J connectivity index is 2.41. The Morgan fingerprint density at radius 3 is 2.56 bits per heavy atom. The molecule has 1 heterocycles. The van der Waals surface area contributed by atoms with Crippen LogP contribution in [-0.2, 0) is 6.54 Å². The van der Waals surface area contributed by atoms with E-state index in [1.165, 1.54) is 5.56 Å². The second-order valence-corrected chi connectivity index (χ2v) is 4.30. The first kappa shape index (κ1) is 12.6. The van der Waals surface area contributed by atoms with Crippen LogP contribution in [0.4, 0.5) is 0 Å². The SMILES string of the molecule is CCn1ncc(OC)c1C(N)c1ccc(C)cc1. The quantitative estimate of drug-likeness (QED) is 0.899. The summed E-state index contributed by atoms with van der Waals surface area (Å²) in [5.74, 6) is 0.741. The molecule has 2 N–H and O–H groups in total. The third kappa shape index (κ3) is 2.24. The van der Waals surface area contributed by atoms with Crippen molar-refractivity contribution in [1.29, 1.82) is 0 Å². The summed E-state index contributed by atoms with van der Waals surface area (Å²) >= 11 is 0. The molecule has 0 fully saturated rings. The molecule has 1 atom stereocenters. The Kier molecular flexibility index (Phi) is 3.67. The zero-order valence-electron chi connectivity index (χ0n) is 11.1. The first-order valence-electron chi connectivity index (χ1n) is 6.09. The minimum absolute atomic E-state index is 0.219. The third-order valence-corrected chi connectivity index (χ3v) is 3.10. The van der Waals surface area contributed by atoms with Gasteiger partial charge < -0.3 is 10.5 Å². The van der Waals surface area contributed by atoms with Crippen molar-refractivity contribution >= 4 is 0 Å². The van der Waals surface area contributed by atoms with Gasteiger partial charge in [-0.3, -0.25) is 4.68 Å². The molecule has 1 unspecified atom stereocenters. The summed E-state index contributed by atoms with van der Waals surface area (Å²) in [6, 6.07) is 8.00. The maximum atomic E-state index is 6.32. The molecular formula is C14H19N3O. The van der Waals surface area contributed by atoms with Crippen LogP contribution in [0.25, 0.3) is 0 Å². The van der Waals surface area contributed by atoms with Gasteiger partial charge in [-0.05, 0) is 19.4 Å². The van der Waals surface area contributed by atoms with Crippen LogP contribution in [0.3, 0.4) is 0 Å². The Hall–Kier alpha value is -1.81. The molecule has 96 valence electrons. The van der Waals surface area contributed by atoms with Gasteiger partial charge in [0.2, 0.25) is 0 Å². The van der Waals surface area contributed by atoms with Crippen LogP contribution < -0.4 is 10.5 Å². The predicted molar refractivity (Wildman–Crippen MR) is 71.7 cm³/mol. The van der Waals surface area contributed by atoms with E-state index >= 15 is 0 Å². The summed E-state index contributed by atoms with van der Waals surface area (Å²) in [6.07, 6.45) is 1.72. The molecular weight excluding hydrogens is 226 g/mol. The van der Waals surface area contributed by atoms with E-state index in [9.17, 15) is 0 Å². The van der Waals surface area contributed by atoms with Crippen LogP contribution in [0.5, 0.6) is 5.75 Å². The minimum atomic E-state index is -0.219. The molecule has 2 rings (SSSR count). The van der Waals surface area contributed by atoms with Crippen molar-refractivity contribution < 1.29 is 4.74 Å². The molecule has 18 heavy (non-hydrogen) atoms. The van der Waals surface area contributed by atoms with Gasteiger partial charge in [0.15, 0.2) is 5.75 Å². The zero-order chi connectivity index (χ0) is 13.1.